The Kier molecular flexibility index (Phi) is 7.81. The molecule has 0 bridgehead atoms. The van der Waals surface area contributed by atoms with Crippen molar-refractivity contribution < 1.29 is 9.59 Å². The summed E-state index contributed by atoms with van der Waals surface area (Å²) in [4.78, 5) is 25.3. The van der Waals surface area contributed by atoms with Crippen LogP contribution in [0.15, 0.2) is 41.8 Å². The maximum absolute atomic E-state index is 12.2. The molecule has 3 N–H and O–H groups in total. The summed E-state index contributed by atoms with van der Waals surface area (Å²) in [6.45, 7) is 6.49. The normalized spacial score (nSPS) is 13.0. The molecule has 2 amide bonds. The second kappa shape index (κ2) is 10.1. The molecule has 0 fully saturated rings. The van der Waals surface area contributed by atoms with Crippen molar-refractivity contribution >= 4 is 23.2 Å². The highest BCUT2D eigenvalue weighted by atomic mass is 32.1. The van der Waals surface area contributed by atoms with Gasteiger partial charge in [0.25, 0.3) is 0 Å². The molecule has 2 aromatic rings. The summed E-state index contributed by atoms with van der Waals surface area (Å²) in [6.07, 6.45) is 0.868. The SMILES string of the molecule is CCCNC(=O)[C@H](C)NC(=O)CN[C@H](c1ccc(C)cc1)c1cccs1. The topological polar surface area (TPSA) is 70.2 Å². The number of carbonyl (C=O) groups is 2. The third kappa shape index (κ3) is 5.97. The van der Waals surface area contributed by atoms with Gasteiger partial charge in [-0.05, 0) is 37.3 Å². The summed E-state index contributed by atoms with van der Waals surface area (Å²) < 4.78 is 0. The molecule has 1 aromatic heterocycles. The maximum Gasteiger partial charge on any atom is 0.242 e. The molecule has 2 rings (SSSR count). The van der Waals surface area contributed by atoms with Crippen LogP contribution in [0.3, 0.4) is 0 Å². The van der Waals surface area contributed by atoms with Gasteiger partial charge in [-0.1, -0.05) is 42.8 Å². The molecule has 0 aliphatic heterocycles. The van der Waals surface area contributed by atoms with Gasteiger partial charge in [-0.15, -0.1) is 11.3 Å². The molecule has 1 heterocycles. The number of rotatable bonds is 9. The van der Waals surface area contributed by atoms with Crippen molar-refractivity contribution in [3.05, 3.63) is 57.8 Å². The zero-order chi connectivity index (χ0) is 18.9. The van der Waals surface area contributed by atoms with E-state index >= 15 is 0 Å². The number of benzene rings is 1. The van der Waals surface area contributed by atoms with Gasteiger partial charge in [0.05, 0.1) is 12.6 Å². The van der Waals surface area contributed by atoms with E-state index in [-0.39, 0.29) is 24.4 Å². The number of thiophene rings is 1. The second-order valence-electron chi connectivity index (χ2n) is 6.32. The van der Waals surface area contributed by atoms with Crippen LogP contribution in [-0.2, 0) is 9.59 Å². The summed E-state index contributed by atoms with van der Waals surface area (Å²) in [5.41, 5.74) is 2.31. The number of nitrogens with one attached hydrogen (secondary N) is 3. The first kappa shape index (κ1) is 20.1. The Morgan fingerprint density at radius 1 is 1.15 bits per heavy atom. The number of hydrogen-bond donors (Lipinski definition) is 3. The average Bonchev–Trinajstić information content (AvgIpc) is 3.15. The van der Waals surface area contributed by atoms with Gasteiger partial charge in [0.2, 0.25) is 11.8 Å². The monoisotopic (exact) mass is 373 g/mol. The van der Waals surface area contributed by atoms with Crippen LogP contribution in [0, 0.1) is 6.92 Å². The molecule has 140 valence electrons. The fourth-order valence-corrected chi connectivity index (χ4v) is 3.38. The number of aryl methyl sites for hydroxylation is 1. The maximum atomic E-state index is 12.2. The quantitative estimate of drug-likeness (QED) is 0.633. The Balaban J connectivity index is 1.95. The largest absolute Gasteiger partial charge is 0.354 e. The molecular weight excluding hydrogens is 346 g/mol. The predicted molar refractivity (Wildman–Crippen MR) is 106 cm³/mol. The minimum atomic E-state index is -0.546. The highest BCUT2D eigenvalue weighted by Crippen LogP contribution is 2.26. The van der Waals surface area contributed by atoms with E-state index in [1.807, 2.05) is 18.4 Å². The minimum absolute atomic E-state index is 0.0504. The predicted octanol–water partition coefficient (Wildman–Crippen LogP) is 2.77. The smallest absolute Gasteiger partial charge is 0.242 e. The standard InChI is InChI=1S/C20H27N3O2S/c1-4-11-21-20(25)15(3)23-18(24)13-22-19(17-6-5-12-26-17)16-9-7-14(2)8-10-16/h5-10,12,15,19,22H,4,11,13H2,1-3H3,(H,21,25)(H,23,24)/t15-,19+/m0/s1. The summed E-state index contributed by atoms with van der Waals surface area (Å²) in [6, 6.07) is 11.7. The Bertz CT molecular complexity index is 698. The van der Waals surface area contributed by atoms with Gasteiger partial charge in [-0.25, -0.2) is 0 Å². The van der Waals surface area contributed by atoms with Crippen molar-refractivity contribution in [1.29, 1.82) is 0 Å². The van der Waals surface area contributed by atoms with Gasteiger partial charge >= 0.3 is 0 Å². The third-order valence-electron chi connectivity index (χ3n) is 4.03. The number of amides is 2. The molecule has 0 aliphatic rings. The van der Waals surface area contributed by atoms with Crippen LogP contribution >= 0.6 is 11.3 Å². The lowest BCUT2D eigenvalue weighted by Crippen LogP contribution is -2.47. The molecule has 0 aliphatic carbocycles. The molecule has 26 heavy (non-hydrogen) atoms. The minimum Gasteiger partial charge on any atom is -0.354 e. The van der Waals surface area contributed by atoms with Crippen molar-refractivity contribution in [1.82, 2.24) is 16.0 Å². The van der Waals surface area contributed by atoms with Gasteiger partial charge in [0.1, 0.15) is 6.04 Å². The van der Waals surface area contributed by atoms with Crippen LogP contribution < -0.4 is 16.0 Å². The van der Waals surface area contributed by atoms with Gasteiger partial charge in [-0.2, -0.15) is 0 Å². The zero-order valence-corrected chi connectivity index (χ0v) is 16.4. The summed E-state index contributed by atoms with van der Waals surface area (Å²) >= 11 is 1.65. The molecule has 0 radical (unpaired) electrons. The molecule has 0 unspecified atom stereocenters. The van der Waals surface area contributed by atoms with Crippen molar-refractivity contribution in [3.8, 4) is 0 Å². The molecule has 5 nitrogen and oxygen atoms in total. The average molecular weight is 374 g/mol. The molecule has 0 spiro atoms. The fraction of sp³-hybridized carbons (Fsp3) is 0.400. The highest BCUT2D eigenvalue weighted by molar-refractivity contribution is 7.10. The van der Waals surface area contributed by atoms with Crippen LogP contribution in [0.25, 0.3) is 0 Å². The number of hydrogen-bond acceptors (Lipinski definition) is 4. The summed E-state index contributed by atoms with van der Waals surface area (Å²) in [5, 5.41) is 10.9. The summed E-state index contributed by atoms with van der Waals surface area (Å²) in [7, 11) is 0. The van der Waals surface area contributed by atoms with Crippen LogP contribution in [0.2, 0.25) is 0 Å². The van der Waals surface area contributed by atoms with E-state index in [9.17, 15) is 9.59 Å². The van der Waals surface area contributed by atoms with Crippen molar-refractivity contribution in [2.45, 2.75) is 39.3 Å². The second-order valence-corrected chi connectivity index (χ2v) is 7.30. The molecular formula is C20H27N3O2S. The van der Waals surface area contributed by atoms with E-state index in [1.165, 1.54) is 5.56 Å². The van der Waals surface area contributed by atoms with Gasteiger partial charge in [-0.3, -0.25) is 14.9 Å². The van der Waals surface area contributed by atoms with Crippen molar-refractivity contribution in [2.24, 2.45) is 0 Å². The molecule has 2 atom stereocenters. The van der Waals surface area contributed by atoms with Crippen LogP contribution in [-0.4, -0.2) is 30.9 Å². The van der Waals surface area contributed by atoms with E-state index in [2.05, 4.69) is 53.2 Å². The Morgan fingerprint density at radius 3 is 2.50 bits per heavy atom. The van der Waals surface area contributed by atoms with Gasteiger partial charge in [0, 0.05) is 11.4 Å². The molecule has 6 heteroatoms. The molecule has 0 saturated heterocycles. The van der Waals surface area contributed by atoms with Gasteiger partial charge in [0.15, 0.2) is 0 Å². The molecule has 1 aromatic carbocycles. The highest BCUT2D eigenvalue weighted by Gasteiger charge is 2.18. The van der Waals surface area contributed by atoms with Crippen LogP contribution in [0.5, 0.6) is 0 Å². The van der Waals surface area contributed by atoms with E-state index < -0.39 is 6.04 Å². The lowest BCUT2D eigenvalue weighted by atomic mass is 10.0. The Morgan fingerprint density at radius 2 is 1.88 bits per heavy atom. The zero-order valence-electron chi connectivity index (χ0n) is 15.5. The van der Waals surface area contributed by atoms with E-state index in [1.54, 1.807) is 18.3 Å². The third-order valence-corrected chi connectivity index (χ3v) is 4.96. The van der Waals surface area contributed by atoms with Gasteiger partial charge < -0.3 is 10.6 Å². The first-order chi connectivity index (χ1) is 12.5. The summed E-state index contributed by atoms with van der Waals surface area (Å²) in [5.74, 6) is -0.355. The first-order valence-electron chi connectivity index (χ1n) is 8.91. The van der Waals surface area contributed by atoms with Crippen molar-refractivity contribution in [3.63, 3.8) is 0 Å². The lowest BCUT2D eigenvalue weighted by molar-refractivity contribution is -0.128. The number of carbonyl (C=O) groups excluding carboxylic acids is 2. The van der Waals surface area contributed by atoms with E-state index in [0.29, 0.717) is 6.54 Å². The van der Waals surface area contributed by atoms with Crippen molar-refractivity contribution in [2.75, 3.05) is 13.1 Å². The molecule has 0 saturated carbocycles. The van der Waals surface area contributed by atoms with E-state index in [4.69, 9.17) is 0 Å². The van der Waals surface area contributed by atoms with Crippen LogP contribution in [0.4, 0.5) is 0 Å². The van der Waals surface area contributed by atoms with Crippen LogP contribution in [0.1, 0.15) is 42.3 Å². The first-order valence-corrected chi connectivity index (χ1v) is 9.79. The fourth-order valence-electron chi connectivity index (χ4n) is 2.55. The lowest BCUT2D eigenvalue weighted by Gasteiger charge is -2.19. The van der Waals surface area contributed by atoms with E-state index in [0.717, 1.165) is 16.9 Å². The Labute approximate surface area is 159 Å². The Hall–Kier alpha value is -2.18.